The van der Waals surface area contributed by atoms with E-state index >= 15 is 0 Å². The topological polar surface area (TPSA) is 120 Å². The number of nitrogens with one attached hydrogen (secondary N) is 3. The molecule has 2 amide bonds. The normalized spacial score (nSPS) is 22.2. The summed E-state index contributed by atoms with van der Waals surface area (Å²) in [6, 6.07) is 5.92. The molecule has 1 aromatic carbocycles. The average molecular weight is 375 g/mol. The van der Waals surface area contributed by atoms with Gasteiger partial charge in [-0.05, 0) is 37.3 Å². The zero-order valence-corrected chi connectivity index (χ0v) is 14.7. The first-order valence-corrected chi connectivity index (χ1v) is 8.90. The molecule has 9 heteroatoms. The molecule has 144 valence electrons. The SMILES string of the molecule is O=C(N[C@@H]1C[C@@H](C(=O)NCCc2ccccc2F)CC[C@H]1O)c1cn[nH]n1. The third-order valence-electron chi connectivity index (χ3n) is 4.80. The fourth-order valence-electron chi connectivity index (χ4n) is 3.27. The fourth-order valence-corrected chi connectivity index (χ4v) is 3.27. The second-order valence-corrected chi connectivity index (χ2v) is 6.64. The maximum absolute atomic E-state index is 13.6. The van der Waals surface area contributed by atoms with Crippen molar-refractivity contribution < 1.29 is 19.1 Å². The molecule has 1 saturated carbocycles. The summed E-state index contributed by atoms with van der Waals surface area (Å²) < 4.78 is 13.6. The van der Waals surface area contributed by atoms with Gasteiger partial charge in [-0.15, -0.1) is 0 Å². The lowest BCUT2D eigenvalue weighted by Crippen LogP contribution is -2.49. The Hall–Kier alpha value is -2.81. The van der Waals surface area contributed by atoms with Crippen LogP contribution in [-0.2, 0) is 11.2 Å². The number of carbonyl (C=O) groups is 2. The van der Waals surface area contributed by atoms with Crippen LogP contribution in [-0.4, -0.2) is 51.0 Å². The summed E-state index contributed by atoms with van der Waals surface area (Å²) >= 11 is 0. The van der Waals surface area contributed by atoms with Gasteiger partial charge in [0.05, 0.1) is 18.3 Å². The number of nitrogens with zero attached hydrogens (tertiary/aromatic N) is 2. The second-order valence-electron chi connectivity index (χ2n) is 6.64. The number of halogens is 1. The van der Waals surface area contributed by atoms with Gasteiger partial charge in [0, 0.05) is 12.5 Å². The monoisotopic (exact) mass is 375 g/mol. The molecule has 27 heavy (non-hydrogen) atoms. The van der Waals surface area contributed by atoms with Crippen LogP contribution < -0.4 is 10.6 Å². The molecule has 0 radical (unpaired) electrons. The molecule has 3 rings (SSSR count). The highest BCUT2D eigenvalue weighted by Gasteiger charge is 2.34. The first kappa shape index (κ1) is 19.0. The minimum atomic E-state index is -0.719. The minimum Gasteiger partial charge on any atom is -0.391 e. The summed E-state index contributed by atoms with van der Waals surface area (Å²) in [6.45, 7) is 0.328. The first-order chi connectivity index (χ1) is 13.0. The number of hydrogen-bond donors (Lipinski definition) is 4. The van der Waals surface area contributed by atoms with Crippen LogP contribution in [0.15, 0.2) is 30.5 Å². The number of carbonyl (C=O) groups excluding carboxylic acids is 2. The van der Waals surface area contributed by atoms with E-state index in [0.717, 1.165) is 0 Å². The molecule has 4 N–H and O–H groups in total. The Morgan fingerprint density at radius 3 is 2.85 bits per heavy atom. The Balaban J connectivity index is 1.50. The Morgan fingerprint density at radius 1 is 1.30 bits per heavy atom. The first-order valence-electron chi connectivity index (χ1n) is 8.90. The molecule has 1 heterocycles. The van der Waals surface area contributed by atoms with E-state index in [1.54, 1.807) is 18.2 Å². The van der Waals surface area contributed by atoms with E-state index in [9.17, 15) is 19.1 Å². The molecule has 1 aliphatic rings. The number of aromatic nitrogens is 3. The Kier molecular flexibility index (Phi) is 6.12. The molecule has 0 bridgehead atoms. The standard InChI is InChI=1S/C18H22FN5O3/c19-13-4-2-1-3-11(13)7-8-20-17(26)12-5-6-16(25)14(9-12)22-18(27)15-10-21-24-23-15/h1-4,10,12,14,16,25H,5-9H2,(H,20,26)(H,22,27)(H,21,23,24)/t12-,14+,16+/m0/s1. The number of hydrogen-bond acceptors (Lipinski definition) is 5. The summed E-state index contributed by atoms with van der Waals surface area (Å²) in [4.78, 5) is 24.5. The third-order valence-corrected chi connectivity index (χ3v) is 4.80. The van der Waals surface area contributed by atoms with Crippen molar-refractivity contribution in [1.82, 2.24) is 26.0 Å². The Morgan fingerprint density at radius 2 is 2.11 bits per heavy atom. The van der Waals surface area contributed by atoms with Crippen LogP contribution in [0.3, 0.4) is 0 Å². The largest absolute Gasteiger partial charge is 0.391 e. The number of amides is 2. The van der Waals surface area contributed by atoms with Gasteiger partial charge in [0.25, 0.3) is 5.91 Å². The molecular weight excluding hydrogens is 353 g/mol. The quantitative estimate of drug-likeness (QED) is 0.588. The molecule has 0 aliphatic heterocycles. The predicted molar refractivity (Wildman–Crippen MR) is 94.1 cm³/mol. The molecule has 0 saturated heterocycles. The van der Waals surface area contributed by atoms with Gasteiger partial charge in [0.15, 0.2) is 5.69 Å². The van der Waals surface area contributed by atoms with Gasteiger partial charge in [0.2, 0.25) is 5.91 Å². The summed E-state index contributed by atoms with van der Waals surface area (Å²) in [7, 11) is 0. The summed E-state index contributed by atoms with van der Waals surface area (Å²) in [5.41, 5.74) is 0.674. The second kappa shape index (κ2) is 8.72. The highest BCUT2D eigenvalue weighted by Crippen LogP contribution is 2.25. The molecule has 3 atom stereocenters. The van der Waals surface area contributed by atoms with Crippen molar-refractivity contribution in [2.75, 3.05) is 6.54 Å². The van der Waals surface area contributed by atoms with E-state index in [-0.39, 0.29) is 23.3 Å². The predicted octanol–water partition coefficient (Wildman–Crippen LogP) is 0.562. The number of aliphatic hydroxyl groups excluding tert-OH is 1. The van der Waals surface area contributed by atoms with Gasteiger partial charge in [0.1, 0.15) is 5.82 Å². The van der Waals surface area contributed by atoms with Gasteiger partial charge < -0.3 is 15.7 Å². The lowest BCUT2D eigenvalue weighted by Gasteiger charge is -2.33. The van der Waals surface area contributed by atoms with Gasteiger partial charge in [-0.3, -0.25) is 9.59 Å². The van der Waals surface area contributed by atoms with Crippen molar-refractivity contribution in [1.29, 1.82) is 0 Å². The summed E-state index contributed by atoms with van der Waals surface area (Å²) in [6.07, 6.45) is 2.25. The number of benzene rings is 1. The van der Waals surface area contributed by atoms with Crippen molar-refractivity contribution in [3.8, 4) is 0 Å². The lowest BCUT2D eigenvalue weighted by molar-refractivity contribution is -0.127. The molecule has 1 fully saturated rings. The molecule has 8 nitrogen and oxygen atoms in total. The molecule has 1 aromatic heterocycles. The van der Waals surface area contributed by atoms with Crippen molar-refractivity contribution >= 4 is 11.8 Å². The van der Waals surface area contributed by atoms with E-state index in [0.29, 0.717) is 37.8 Å². The zero-order chi connectivity index (χ0) is 19.2. The van der Waals surface area contributed by atoms with Crippen molar-refractivity contribution in [2.24, 2.45) is 5.92 Å². The van der Waals surface area contributed by atoms with Crippen molar-refractivity contribution in [3.05, 3.63) is 47.5 Å². The number of rotatable bonds is 6. The van der Waals surface area contributed by atoms with Crippen LogP contribution in [0, 0.1) is 11.7 Å². The Labute approximate surface area is 155 Å². The van der Waals surface area contributed by atoms with Crippen LogP contribution in [0.1, 0.15) is 35.3 Å². The van der Waals surface area contributed by atoms with Crippen LogP contribution in [0.5, 0.6) is 0 Å². The molecule has 0 unspecified atom stereocenters. The number of H-pyrrole nitrogens is 1. The summed E-state index contributed by atoms with van der Waals surface area (Å²) in [5, 5.41) is 25.3. The van der Waals surface area contributed by atoms with Crippen LogP contribution in [0.2, 0.25) is 0 Å². The molecule has 1 aliphatic carbocycles. The number of aliphatic hydroxyl groups is 1. The van der Waals surface area contributed by atoms with Crippen LogP contribution >= 0.6 is 0 Å². The van der Waals surface area contributed by atoms with Gasteiger partial charge in [-0.25, -0.2) is 4.39 Å². The highest BCUT2D eigenvalue weighted by atomic mass is 19.1. The lowest BCUT2D eigenvalue weighted by atomic mass is 9.83. The third kappa shape index (κ3) is 4.88. The average Bonchev–Trinajstić information content (AvgIpc) is 3.20. The smallest absolute Gasteiger partial charge is 0.273 e. The molecule has 2 aromatic rings. The molecule has 0 spiro atoms. The molecular formula is C18H22FN5O3. The maximum atomic E-state index is 13.6. The Bertz CT molecular complexity index is 783. The van der Waals surface area contributed by atoms with Crippen LogP contribution in [0.4, 0.5) is 4.39 Å². The van der Waals surface area contributed by atoms with E-state index in [1.807, 2.05) is 0 Å². The van der Waals surface area contributed by atoms with E-state index in [2.05, 4.69) is 26.0 Å². The van der Waals surface area contributed by atoms with Crippen molar-refractivity contribution in [3.63, 3.8) is 0 Å². The van der Waals surface area contributed by atoms with Gasteiger partial charge in [-0.2, -0.15) is 15.4 Å². The van der Waals surface area contributed by atoms with Crippen LogP contribution in [0.25, 0.3) is 0 Å². The maximum Gasteiger partial charge on any atom is 0.273 e. The summed E-state index contributed by atoms with van der Waals surface area (Å²) in [5.74, 6) is -1.22. The van der Waals surface area contributed by atoms with E-state index < -0.39 is 18.1 Å². The van der Waals surface area contributed by atoms with Gasteiger partial charge in [-0.1, -0.05) is 18.2 Å². The fraction of sp³-hybridized carbons (Fsp3) is 0.444. The van der Waals surface area contributed by atoms with Crippen molar-refractivity contribution in [2.45, 2.75) is 37.8 Å². The minimum absolute atomic E-state index is 0.124. The van der Waals surface area contributed by atoms with E-state index in [1.165, 1.54) is 12.3 Å². The van der Waals surface area contributed by atoms with E-state index in [4.69, 9.17) is 0 Å². The number of aromatic amines is 1. The zero-order valence-electron chi connectivity index (χ0n) is 14.7. The highest BCUT2D eigenvalue weighted by molar-refractivity contribution is 5.92. The van der Waals surface area contributed by atoms with Gasteiger partial charge >= 0.3 is 0 Å².